The monoisotopic (exact) mass is 323 g/mol. The molecule has 1 aliphatic heterocycles. The summed E-state index contributed by atoms with van der Waals surface area (Å²) < 4.78 is 0. The number of carbonyl (C=O) groups excluding carboxylic acids is 2. The van der Waals surface area contributed by atoms with E-state index in [0.29, 0.717) is 19.1 Å². The van der Waals surface area contributed by atoms with Crippen molar-refractivity contribution in [2.24, 2.45) is 5.73 Å². The van der Waals surface area contributed by atoms with Gasteiger partial charge in [-0.1, -0.05) is 30.3 Å². The van der Waals surface area contributed by atoms with Crippen LogP contribution in [0, 0.1) is 0 Å². The number of rotatable bonds is 4. The van der Waals surface area contributed by atoms with Crippen LogP contribution in [0.2, 0.25) is 0 Å². The molecule has 0 aromatic heterocycles. The summed E-state index contributed by atoms with van der Waals surface area (Å²) in [5.74, 6) is -0.320. The van der Waals surface area contributed by atoms with Crippen molar-refractivity contribution in [2.45, 2.75) is 24.8 Å². The number of nitrogens with two attached hydrogens (primary N) is 1. The third kappa shape index (κ3) is 3.42. The average molecular weight is 324 g/mol. The summed E-state index contributed by atoms with van der Waals surface area (Å²) in [5, 5.41) is 0. The van der Waals surface area contributed by atoms with Crippen LogP contribution in [-0.4, -0.2) is 53.8 Å². The molecule has 1 aliphatic carbocycles. The number of hydrogen-bond acceptors (Lipinski definition) is 3. The highest BCUT2D eigenvalue weighted by molar-refractivity contribution is 5.90. The molecule has 1 unspecified atom stereocenters. The molecule has 6 heteroatoms. The molecule has 1 aromatic rings. The van der Waals surface area contributed by atoms with Gasteiger partial charge in [-0.15, -0.1) is 12.4 Å². The lowest BCUT2D eigenvalue weighted by molar-refractivity contribution is -0.146. The van der Waals surface area contributed by atoms with Crippen LogP contribution in [0.5, 0.6) is 0 Å². The number of amides is 2. The normalized spacial score (nSPS) is 19.6. The summed E-state index contributed by atoms with van der Waals surface area (Å²) in [6.45, 7) is 1.73. The van der Waals surface area contributed by atoms with Crippen LogP contribution in [0.15, 0.2) is 30.3 Å². The smallest absolute Gasteiger partial charge is 0.242 e. The van der Waals surface area contributed by atoms with Gasteiger partial charge in [0, 0.05) is 25.7 Å². The van der Waals surface area contributed by atoms with E-state index in [2.05, 4.69) is 0 Å². The van der Waals surface area contributed by atoms with Crippen molar-refractivity contribution in [3.8, 4) is 0 Å². The van der Waals surface area contributed by atoms with Crippen LogP contribution < -0.4 is 5.73 Å². The molecule has 1 saturated heterocycles. The van der Waals surface area contributed by atoms with Gasteiger partial charge >= 0.3 is 0 Å². The zero-order chi connectivity index (χ0) is 14.8. The second kappa shape index (κ2) is 7.11. The molecular formula is C16H22ClN3O2. The Kier molecular flexibility index (Phi) is 5.42. The first-order chi connectivity index (χ1) is 10.2. The maximum absolute atomic E-state index is 12.6. The second-order valence-corrected chi connectivity index (χ2v) is 5.78. The van der Waals surface area contributed by atoms with Crippen molar-refractivity contribution in [3.05, 3.63) is 35.9 Å². The summed E-state index contributed by atoms with van der Waals surface area (Å²) >= 11 is 0. The Bertz CT molecular complexity index is 533. The first-order valence-electron chi connectivity index (χ1n) is 7.54. The van der Waals surface area contributed by atoms with Crippen LogP contribution in [0.4, 0.5) is 0 Å². The number of nitrogens with zero attached hydrogens (tertiary/aromatic N) is 2. The molecule has 1 atom stereocenters. The first-order valence-corrected chi connectivity index (χ1v) is 7.54. The molecule has 2 N–H and O–H groups in total. The topological polar surface area (TPSA) is 66.6 Å². The van der Waals surface area contributed by atoms with Gasteiger partial charge in [-0.3, -0.25) is 9.59 Å². The van der Waals surface area contributed by atoms with E-state index < -0.39 is 0 Å². The molecular weight excluding hydrogens is 302 g/mol. The van der Waals surface area contributed by atoms with E-state index in [1.165, 1.54) is 0 Å². The van der Waals surface area contributed by atoms with Crippen LogP contribution >= 0.6 is 12.4 Å². The molecule has 22 heavy (non-hydrogen) atoms. The zero-order valence-electron chi connectivity index (χ0n) is 12.5. The Morgan fingerprint density at radius 3 is 2.45 bits per heavy atom. The summed E-state index contributed by atoms with van der Waals surface area (Å²) in [6, 6.07) is 9.98. The molecule has 3 rings (SSSR count). The van der Waals surface area contributed by atoms with Gasteiger partial charge in [0.05, 0.1) is 12.5 Å². The van der Waals surface area contributed by atoms with E-state index in [0.717, 1.165) is 18.4 Å². The largest absolute Gasteiger partial charge is 0.336 e. The highest BCUT2D eigenvalue weighted by Gasteiger charge is 2.37. The minimum atomic E-state index is -0.355. The third-order valence-corrected chi connectivity index (χ3v) is 4.29. The lowest BCUT2D eigenvalue weighted by Crippen LogP contribution is -2.54. The fourth-order valence-electron chi connectivity index (χ4n) is 2.93. The number of carbonyl (C=O) groups is 2. The fourth-order valence-corrected chi connectivity index (χ4v) is 2.93. The van der Waals surface area contributed by atoms with Crippen LogP contribution in [-0.2, 0) is 9.59 Å². The molecule has 0 bridgehead atoms. The molecule has 0 spiro atoms. The Morgan fingerprint density at radius 2 is 1.91 bits per heavy atom. The van der Waals surface area contributed by atoms with Gasteiger partial charge in [-0.2, -0.15) is 0 Å². The Balaban J connectivity index is 0.00000176. The average Bonchev–Trinajstić information content (AvgIpc) is 3.33. The Morgan fingerprint density at radius 1 is 1.23 bits per heavy atom. The van der Waals surface area contributed by atoms with Crippen molar-refractivity contribution in [1.82, 2.24) is 9.80 Å². The van der Waals surface area contributed by atoms with E-state index in [1.807, 2.05) is 35.2 Å². The molecule has 120 valence electrons. The van der Waals surface area contributed by atoms with E-state index in [1.54, 1.807) is 4.90 Å². The first kappa shape index (κ1) is 16.8. The van der Waals surface area contributed by atoms with Crippen LogP contribution in [0.3, 0.4) is 0 Å². The number of benzene rings is 1. The summed E-state index contributed by atoms with van der Waals surface area (Å²) in [4.78, 5) is 28.4. The van der Waals surface area contributed by atoms with Crippen molar-refractivity contribution in [3.63, 3.8) is 0 Å². The lowest BCUT2D eigenvalue weighted by Gasteiger charge is -2.36. The predicted octanol–water partition coefficient (Wildman–Crippen LogP) is 0.984. The van der Waals surface area contributed by atoms with Gasteiger partial charge in [0.25, 0.3) is 0 Å². The second-order valence-electron chi connectivity index (χ2n) is 5.78. The van der Waals surface area contributed by atoms with Crippen LogP contribution in [0.1, 0.15) is 24.3 Å². The standard InChI is InChI=1S/C16H21N3O2.ClH/c17-10-14(12-4-2-1-3-5-12)16(21)18-8-9-19(13-6-7-13)15(20)11-18;/h1-5,13-14H,6-11,17H2;1H. The van der Waals surface area contributed by atoms with Gasteiger partial charge in [0.1, 0.15) is 0 Å². The number of piperazine rings is 1. The zero-order valence-corrected chi connectivity index (χ0v) is 13.3. The van der Waals surface area contributed by atoms with E-state index in [4.69, 9.17) is 5.73 Å². The minimum absolute atomic E-state index is 0. The summed E-state index contributed by atoms with van der Waals surface area (Å²) in [6.07, 6.45) is 2.21. The van der Waals surface area contributed by atoms with Crippen molar-refractivity contribution in [1.29, 1.82) is 0 Å². The highest BCUT2D eigenvalue weighted by Crippen LogP contribution is 2.28. The molecule has 2 amide bonds. The fraction of sp³-hybridized carbons (Fsp3) is 0.500. The van der Waals surface area contributed by atoms with Gasteiger partial charge in [0.15, 0.2) is 0 Å². The molecule has 1 aromatic carbocycles. The molecule has 2 aliphatic rings. The van der Waals surface area contributed by atoms with Gasteiger partial charge < -0.3 is 15.5 Å². The quantitative estimate of drug-likeness (QED) is 0.898. The van der Waals surface area contributed by atoms with E-state index in [-0.39, 0.29) is 43.2 Å². The molecule has 1 heterocycles. The van der Waals surface area contributed by atoms with Gasteiger partial charge in [-0.25, -0.2) is 0 Å². The Hall–Kier alpha value is -1.59. The summed E-state index contributed by atoms with van der Waals surface area (Å²) in [5.41, 5.74) is 6.71. The lowest BCUT2D eigenvalue weighted by atomic mass is 9.97. The van der Waals surface area contributed by atoms with Crippen LogP contribution in [0.25, 0.3) is 0 Å². The molecule has 5 nitrogen and oxygen atoms in total. The molecule has 2 fully saturated rings. The predicted molar refractivity (Wildman–Crippen MR) is 86.8 cm³/mol. The van der Waals surface area contributed by atoms with Gasteiger partial charge in [0.2, 0.25) is 11.8 Å². The van der Waals surface area contributed by atoms with E-state index in [9.17, 15) is 9.59 Å². The number of halogens is 1. The van der Waals surface area contributed by atoms with Crippen molar-refractivity contribution < 1.29 is 9.59 Å². The van der Waals surface area contributed by atoms with Crippen molar-refractivity contribution in [2.75, 3.05) is 26.2 Å². The molecule has 1 saturated carbocycles. The SMILES string of the molecule is Cl.NCC(C(=O)N1CCN(C2CC2)C(=O)C1)c1ccccc1. The summed E-state index contributed by atoms with van der Waals surface area (Å²) in [7, 11) is 0. The Labute approximate surface area is 136 Å². The highest BCUT2D eigenvalue weighted by atomic mass is 35.5. The maximum Gasteiger partial charge on any atom is 0.242 e. The van der Waals surface area contributed by atoms with Crippen molar-refractivity contribution >= 4 is 24.2 Å². The minimum Gasteiger partial charge on any atom is -0.336 e. The third-order valence-electron chi connectivity index (χ3n) is 4.29. The van der Waals surface area contributed by atoms with E-state index >= 15 is 0 Å². The van der Waals surface area contributed by atoms with Gasteiger partial charge in [-0.05, 0) is 18.4 Å². The maximum atomic E-state index is 12.6. The molecule has 0 radical (unpaired) electrons. The number of hydrogen-bond donors (Lipinski definition) is 1.